The van der Waals surface area contributed by atoms with Gasteiger partial charge in [-0.3, -0.25) is 0 Å². The minimum atomic E-state index is 0. The molecule has 0 aromatic heterocycles. The smallest absolute Gasteiger partial charge is 0.119 e. The van der Waals surface area contributed by atoms with Crippen LogP contribution in [0.5, 0.6) is 5.75 Å². The summed E-state index contributed by atoms with van der Waals surface area (Å²) in [6, 6.07) is 6.77. The number of ether oxygens (including phenoxy) is 1. The molecule has 118 valence electrons. The third-order valence-corrected chi connectivity index (χ3v) is 5.56. The molecule has 21 heavy (non-hydrogen) atoms. The zero-order valence-corrected chi connectivity index (χ0v) is 14.3. The summed E-state index contributed by atoms with van der Waals surface area (Å²) in [5.74, 6) is 1.85. The van der Waals surface area contributed by atoms with E-state index in [1.165, 1.54) is 45.2 Å². The summed E-state index contributed by atoms with van der Waals surface area (Å²) < 4.78 is 5.49. The normalized spacial score (nSPS) is 28.2. The lowest BCUT2D eigenvalue weighted by molar-refractivity contribution is 0.0856. The van der Waals surface area contributed by atoms with Crippen LogP contribution in [-0.2, 0) is 11.8 Å². The largest absolute Gasteiger partial charge is 0.497 e. The molecule has 3 heteroatoms. The van der Waals surface area contributed by atoms with E-state index in [2.05, 4.69) is 37.1 Å². The van der Waals surface area contributed by atoms with E-state index in [0.717, 1.165) is 11.7 Å². The Morgan fingerprint density at radius 1 is 1.38 bits per heavy atom. The van der Waals surface area contributed by atoms with E-state index >= 15 is 0 Å². The van der Waals surface area contributed by atoms with Crippen LogP contribution in [-0.4, -0.2) is 32.1 Å². The predicted molar refractivity (Wildman–Crippen MR) is 90.8 cm³/mol. The standard InChI is InChI=1S/C18H27NO.ClH/c1-4-9-18-10-11-19(2)13-15(18)7-5-14-6-8-16(20-3)12-17(14)18;/h6,8,12,15H,4-5,7,9-11,13H2,1-3H3;1H. The molecule has 0 N–H and O–H groups in total. The Bertz CT molecular complexity index is 490. The first-order chi connectivity index (χ1) is 9.69. The van der Waals surface area contributed by atoms with Gasteiger partial charge < -0.3 is 9.64 Å². The van der Waals surface area contributed by atoms with Gasteiger partial charge in [0.2, 0.25) is 0 Å². The molecule has 0 saturated carbocycles. The highest BCUT2D eigenvalue weighted by Gasteiger charge is 2.45. The van der Waals surface area contributed by atoms with E-state index in [0.29, 0.717) is 5.41 Å². The topological polar surface area (TPSA) is 12.5 Å². The Hall–Kier alpha value is -0.730. The molecule has 0 radical (unpaired) electrons. The van der Waals surface area contributed by atoms with E-state index in [9.17, 15) is 0 Å². The molecule has 2 nitrogen and oxygen atoms in total. The summed E-state index contributed by atoms with van der Waals surface area (Å²) in [4.78, 5) is 2.52. The molecule has 3 rings (SSSR count). The molecule has 2 unspecified atom stereocenters. The van der Waals surface area contributed by atoms with Gasteiger partial charge in [0, 0.05) is 12.0 Å². The second-order valence-corrected chi connectivity index (χ2v) is 6.68. The van der Waals surface area contributed by atoms with Crippen molar-refractivity contribution in [2.24, 2.45) is 5.92 Å². The molecule has 1 aliphatic carbocycles. The summed E-state index contributed by atoms with van der Waals surface area (Å²) >= 11 is 0. The summed E-state index contributed by atoms with van der Waals surface area (Å²) in [7, 11) is 4.06. The van der Waals surface area contributed by atoms with Crippen molar-refractivity contribution in [1.29, 1.82) is 0 Å². The Kier molecular flexibility index (Phi) is 5.21. The van der Waals surface area contributed by atoms with Crippen LogP contribution in [0.15, 0.2) is 18.2 Å². The molecular formula is C18H28ClNO. The second-order valence-electron chi connectivity index (χ2n) is 6.68. The number of rotatable bonds is 3. The lowest BCUT2D eigenvalue weighted by Gasteiger charge is -2.51. The van der Waals surface area contributed by atoms with Crippen LogP contribution in [0.2, 0.25) is 0 Å². The lowest BCUT2D eigenvalue weighted by atomic mass is 9.58. The van der Waals surface area contributed by atoms with E-state index in [-0.39, 0.29) is 12.4 Å². The van der Waals surface area contributed by atoms with Crippen molar-refractivity contribution in [2.45, 2.75) is 44.4 Å². The first-order valence-electron chi connectivity index (χ1n) is 8.05. The van der Waals surface area contributed by atoms with Gasteiger partial charge in [0.05, 0.1) is 7.11 Å². The Balaban J connectivity index is 0.00000161. The fourth-order valence-corrected chi connectivity index (χ4v) is 4.56. The molecule has 1 aromatic rings. The summed E-state index contributed by atoms with van der Waals surface area (Å²) in [5.41, 5.74) is 3.58. The third-order valence-electron chi connectivity index (χ3n) is 5.56. The fourth-order valence-electron chi connectivity index (χ4n) is 4.56. The van der Waals surface area contributed by atoms with Gasteiger partial charge >= 0.3 is 0 Å². The number of hydrogen-bond donors (Lipinski definition) is 0. The van der Waals surface area contributed by atoms with Crippen molar-refractivity contribution in [2.75, 3.05) is 27.2 Å². The maximum Gasteiger partial charge on any atom is 0.119 e. The van der Waals surface area contributed by atoms with Crippen LogP contribution in [0.3, 0.4) is 0 Å². The number of piperidine rings is 1. The van der Waals surface area contributed by atoms with Gasteiger partial charge in [-0.15, -0.1) is 12.4 Å². The monoisotopic (exact) mass is 309 g/mol. The molecule has 0 amide bonds. The van der Waals surface area contributed by atoms with Crippen molar-refractivity contribution in [3.63, 3.8) is 0 Å². The summed E-state index contributed by atoms with van der Waals surface area (Å²) in [5, 5.41) is 0. The molecule has 0 bridgehead atoms. The average molecular weight is 310 g/mol. The van der Waals surface area contributed by atoms with Crippen LogP contribution in [0.25, 0.3) is 0 Å². The molecule has 2 aliphatic rings. The molecule has 1 saturated heterocycles. The minimum absolute atomic E-state index is 0. The van der Waals surface area contributed by atoms with Gasteiger partial charge in [-0.1, -0.05) is 19.4 Å². The van der Waals surface area contributed by atoms with Gasteiger partial charge in [0.15, 0.2) is 0 Å². The zero-order chi connectivity index (χ0) is 14.2. The van der Waals surface area contributed by atoms with Crippen LogP contribution in [0.1, 0.15) is 43.7 Å². The number of fused-ring (bicyclic) bond motifs is 3. The zero-order valence-electron chi connectivity index (χ0n) is 13.5. The van der Waals surface area contributed by atoms with Gasteiger partial charge in [-0.25, -0.2) is 0 Å². The van der Waals surface area contributed by atoms with Crippen molar-refractivity contribution in [3.8, 4) is 5.75 Å². The van der Waals surface area contributed by atoms with Crippen LogP contribution >= 0.6 is 12.4 Å². The molecule has 2 atom stereocenters. The van der Waals surface area contributed by atoms with Gasteiger partial charge in [0.1, 0.15) is 5.75 Å². The lowest BCUT2D eigenvalue weighted by Crippen LogP contribution is -2.51. The first kappa shape index (κ1) is 16.6. The van der Waals surface area contributed by atoms with Crippen molar-refractivity contribution >= 4 is 12.4 Å². The number of nitrogens with zero attached hydrogens (tertiary/aromatic N) is 1. The maximum atomic E-state index is 5.49. The fraction of sp³-hybridized carbons (Fsp3) is 0.667. The van der Waals surface area contributed by atoms with Crippen LogP contribution in [0.4, 0.5) is 0 Å². The van der Waals surface area contributed by atoms with Crippen molar-refractivity contribution in [3.05, 3.63) is 29.3 Å². The number of likely N-dealkylation sites (tertiary alicyclic amines) is 1. The molecule has 1 aromatic carbocycles. The van der Waals surface area contributed by atoms with Gasteiger partial charge in [0.25, 0.3) is 0 Å². The molecular weight excluding hydrogens is 282 g/mol. The molecule has 0 spiro atoms. The summed E-state index contributed by atoms with van der Waals surface area (Å²) in [6.45, 7) is 4.82. The third kappa shape index (κ3) is 2.80. The van der Waals surface area contributed by atoms with Crippen molar-refractivity contribution in [1.82, 2.24) is 4.90 Å². The Morgan fingerprint density at radius 3 is 2.90 bits per heavy atom. The number of methoxy groups -OCH3 is 1. The van der Waals surface area contributed by atoms with Gasteiger partial charge in [-0.05, 0) is 68.5 Å². The average Bonchev–Trinajstić information content (AvgIpc) is 2.47. The molecule has 1 aliphatic heterocycles. The van der Waals surface area contributed by atoms with Gasteiger partial charge in [-0.2, -0.15) is 0 Å². The first-order valence-corrected chi connectivity index (χ1v) is 8.05. The van der Waals surface area contributed by atoms with E-state index < -0.39 is 0 Å². The van der Waals surface area contributed by atoms with Crippen LogP contribution in [0, 0.1) is 5.92 Å². The number of halogens is 1. The number of aryl methyl sites for hydroxylation is 1. The van der Waals surface area contributed by atoms with E-state index in [1.807, 2.05) is 0 Å². The number of hydrogen-bond acceptors (Lipinski definition) is 2. The summed E-state index contributed by atoms with van der Waals surface area (Å²) in [6.07, 6.45) is 6.50. The highest BCUT2D eigenvalue weighted by atomic mass is 35.5. The molecule has 1 heterocycles. The van der Waals surface area contributed by atoms with E-state index in [1.54, 1.807) is 18.2 Å². The maximum absolute atomic E-state index is 5.49. The minimum Gasteiger partial charge on any atom is -0.497 e. The Morgan fingerprint density at radius 2 is 2.19 bits per heavy atom. The number of benzene rings is 1. The van der Waals surface area contributed by atoms with E-state index in [4.69, 9.17) is 4.74 Å². The highest BCUT2D eigenvalue weighted by molar-refractivity contribution is 5.85. The highest BCUT2D eigenvalue weighted by Crippen LogP contribution is 2.50. The SMILES string of the molecule is CCCC12CCN(C)CC1CCc1ccc(OC)cc12.Cl. The molecule has 1 fully saturated rings. The van der Waals surface area contributed by atoms with Crippen molar-refractivity contribution < 1.29 is 4.74 Å². The quantitative estimate of drug-likeness (QED) is 0.835. The Labute approximate surface area is 135 Å². The second kappa shape index (κ2) is 6.58. The predicted octanol–water partition coefficient (Wildman–Crippen LogP) is 4.05. The van der Waals surface area contributed by atoms with Crippen LogP contribution < -0.4 is 4.74 Å².